The van der Waals surface area contributed by atoms with Gasteiger partial charge in [0.05, 0.1) is 5.56 Å². The molecule has 1 aliphatic heterocycles. The SMILES string of the molecule is Cc1cc2c(c(C)c1C=O)COC2=O. The highest BCUT2D eigenvalue weighted by Crippen LogP contribution is 2.27. The summed E-state index contributed by atoms with van der Waals surface area (Å²) in [6, 6.07) is 1.72. The number of fused-ring (bicyclic) bond motifs is 1. The van der Waals surface area contributed by atoms with Crippen LogP contribution in [0.2, 0.25) is 0 Å². The molecule has 0 atom stereocenters. The molecule has 3 heteroatoms. The van der Waals surface area contributed by atoms with Gasteiger partial charge < -0.3 is 4.74 Å². The van der Waals surface area contributed by atoms with Gasteiger partial charge in [0.1, 0.15) is 6.61 Å². The van der Waals surface area contributed by atoms with E-state index in [1.807, 2.05) is 13.8 Å². The zero-order valence-electron chi connectivity index (χ0n) is 8.09. The average molecular weight is 190 g/mol. The minimum Gasteiger partial charge on any atom is -0.457 e. The van der Waals surface area contributed by atoms with Gasteiger partial charge in [-0.3, -0.25) is 4.79 Å². The molecule has 0 radical (unpaired) electrons. The second-order valence-corrected chi connectivity index (χ2v) is 3.45. The van der Waals surface area contributed by atoms with Crippen LogP contribution < -0.4 is 0 Å². The molecule has 1 aromatic carbocycles. The first-order valence-electron chi connectivity index (χ1n) is 4.40. The van der Waals surface area contributed by atoms with E-state index in [-0.39, 0.29) is 5.97 Å². The summed E-state index contributed by atoms with van der Waals surface area (Å²) in [5.41, 5.74) is 3.81. The van der Waals surface area contributed by atoms with Crippen molar-refractivity contribution in [3.8, 4) is 0 Å². The van der Waals surface area contributed by atoms with E-state index in [1.54, 1.807) is 6.07 Å². The van der Waals surface area contributed by atoms with E-state index in [4.69, 9.17) is 4.74 Å². The normalized spacial score (nSPS) is 13.7. The highest BCUT2D eigenvalue weighted by atomic mass is 16.5. The molecule has 0 amide bonds. The Morgan fingerprint density at radius 2 is 2.14 bits per heavy atom. The fourth-order valence-electron chi connectivity index (χ4n) is 1.81. The summed E-state index contributed by atoms with van der Waals surface area (Å²) in [6.07, 6.45) is 0.827. The Morgan fingerprint density at radius 1 is 1.43 bits per heavy atom. The minimum absolute atomic E-state index is 0.288. The molecule has 1 aliphatic rings. The third kappa shape index (κ3) is 1.05. The molecule has 0 unspecified atom stereocenters. The van der Waals surface area contributed by atoms with E-state index in [9.17, 15) is 9.59 Å². The number of carbonyl (C=O) groups is 2. The Morgan fingerprint density at radius 3 is 2.79 bits per heavy atom. The Labute approximate surface area is 81.7 Å². The molecule has 0 bridgehead atoms. The van der Waals surface area contributed by atoms with Crippen LogP contribution in [-0.4, -0.2) is 12.3 Å². The molecule has 0 N–H and O–H groups in total. The number of cyclic esters (lactones) is 1. The number of hydrogen-bond acceptors (Lipinski definition) is 3. The molecule has 3 nitrogen and oxygen atoms in total. The van der Waals surface area contributed by atoms with Crippen molar-refractivity contribution >= 4 is 12.3 Å². The van der Waals surface area contributed by atoms with Crippen LogP contribution in [0.15, 0.2) is 6.07 Å². The first-order valence-corrected chi connectivity index (χ1v) is 4.40. The minimum atomic E-state index is -0.288. The smallest absolute Gasteiger partial charge is 0.338 e. The average Bonchev–Trinajstić information content (AvgIpc) is 2.49. The molecule has 0 aromatic heterocycles. The zero-order chi connectivity index (χ0) is 10.3. The topological polar surface area (TPSA) is 43.4 Å². The van der Waals surface area contributed by atoms with Crippen LogP contribution >= 0.6 is 0 Å². The molecule has 72 valence electrons. The van der Waals surface area contributed by atoms with Gasteiger partial charge in [-0.15, -0.1) is 0 Å². The molecule has 1 aromatic rings. The van der Waals surface area contributed by atoms with E-state index in [2.05, 4.69) is 0 Å². The highest BCUT2D eigenvalue weighted by Gasteiger charge is 2.24. The molecule has 0 aliphatic carbocycles. The van der Waals surface area contributed by atoms with E-state index >= 15 is 0 Å². The van der Waals surface area contributed by atoms with E-state index in [0.717, 1.165) is 23.0 Å². The van der Waals surface area contributed by atoms with Gasteiger partial charge in [0.25, 0.3) is 0 Å². The van der Waals surface area contributed by atoms with E-state index in [1.165, 1.54) is 0 Å². The van der Waals surface area contributed by atoms with Crippen molar-refractivity contribution in [2.75, 3.05) is 0 Å². The Kier molecular flexibility index (Phi) is 1.88. The predicted molar refractivity (Wildman–Crippen MR) is 50.4 cm³/mol. The lowest BCUT2D eigenvalue weighted by Crippen LogP contribution is -2.00. The summed E-state index contributed by atoms with van der Waals surface area (Å²) in [7, 11) is 0. The van der Waals surface area contributed by atoms with E-state index < -0.39 is 0 Å². The molecule has 0 saturated heterocycles. The van der Waals surface area contributed by atoms with Crippen LogP contribution in [-0.2, 0) is 11.3 Å². The maximum Gasteiger partial charge on any atom is 0.338 e. The standard InChI is InChI=1S/C11H10O3/c1-6-3-8-10(5-14-11(8)13)7(2)9(6)4-12/h3-4H,5H2,1-2H3. The van der Waals surface area contributed by atoms with Gasteiger partial charge in [-0.25, -0.2) is 4.79 Å². The van der Waals surface area contributed by atoms with Crippen LogP contribution in [0.5, 0.6) is 0 Å². The lowest BCUT2D eigenvalue weighted by atomic mass is 9.95. The number of ether oxygens (including phenoxy) is 1. The Balaban J connectivity index is 2.74. The van der Waals surface area contributed by atoms with Gasteiger partial charge in [0.2, 0.25) is 0 Å². The van der Waals surface area contributed by atoms with Gasteiger partial charge in [-0.2, -0.15) is 0 Å². The summed E-state index contributed by atoms with van der Waals surface area (Å²) in [4.78, 5) is 22.1. The van der Waals surface area contributed by atoms with Crippen molar-refractivity contribution in [3.05, 3.63) is 33.9 Å². The van der Waals surface area contributed by atoms with Gasteiger partial charge in [0.15, 0.2) is 6.29 Å². The van der Waals surface area contributed by atoms with Crippen molar-refractivity contribution in [1.29, 1.82) is 0 Å². The first kappa shape index (κ1) is 8.94. The van der Waals surface area contributed by atoms with Crippen molar-refractivity contribution in [2.45, 2.75) is 20.5 Å². The maximum absolute atomic E-state index is 11.3. The molecule has 1 heterocycles. The Hall–Kier alpha value is -1.64. The van der Waals surface area contributed by atoms with Gasteiger partial charge in [-0.1, -0.05) is 0 Å². The highest BCUT2D eigenvalue weighted by molar-refractivity contribution is 5.96. The molecule has 0 spiro atoms. The monoisotopic (exact) mass is 190 g/mol. The van der Waals surface area contributed by atoms with Crippen LogP contribution in [0.3, 0.4) is 0 Å². The number of aldehydes is 1. The van der Waals surface area contributed by atoms with Crippen molar-refractivity contribution in [1.82, 2.24) is 0 Å². The number of aryl methyl sites for hydroxylation is 1. The maximum atomic E-state index is 11.3. The summed E-state index contributed by atoms with van der Waals surface area (Å²) >= 11 is 0. The summed E-state index contributed by atoms with van der Waals surface area (Å²) < 4.78 is 4.90. The fraction of sp³-hybridized carbons (Fsp3) is 0.273. The van der Waals surface area contributed by atoms with E-state index in [0.29, 0.717) is 17.7 Å². The van der Waals surface area contributed by atoms with Gasteiger partial charge in [-0.05, 0) is 31.0 Å². The third-order valence-electron chi connectivity index (χ3n) is 2.65. The molecule has 2 rings (SSSR count). The number of esters is 1. The molecular weight excluding hydrogens is 180 g/mol. The predicted octanol–water partition coefficient (Wildman–Crippen LogP) is 1.79. The van der Waals surface area contributed by atoms with Crippen LogP contribution in [0.1, 0.15) is 37.4 Å². The van der Waals surface area contributed by atoms with Crippen LogP contribution in [0.4, 0.5) is 0 Å². The molecule has 0 fully saturated rings. The fourth-order valence-corrected chi connectivity index (χ4v) is 1.81. The second kappa shape index (κ2) is 2.94. The number of rotatable bonds is 1. The quantitative estimate of drug-likeness (QED) is 0.501. The number of carbonyl (C=O) groups excluding carboxylic acids is 2. The van der Waals surface area contributed by atoms with Crippen molar-refractivity contribution in [3.63, 3.8) is 0 Å². The lowest BCUT2D eigenvalue weighted by molar-refractivity contribution is 0.0535. The molecule has 0 saturated carbocycles. The summed E-state index contributed by atoms with van der Waals surface area (Å²) in [5, 5.41) is 0. The Bertz CT molecular complexity index is 433. The number of hydrogen-bond donors (Lipinski definition) is 0. The van der Waals surface area contributed by atoms with Crippen LogP contribution in [0, 0.1) is 13.8 Å². The lowest BCUT2D eigenvalue weighted by Gasteiger charge is -2.06. The first-order chi connectivity index (χ1) is 6.65. The molecular formula is C11H10O3. The number of benzene rings is 1. The zero-order valence-corrected chi connectivity index (χ0v) is 8.09. The summed E-state index contributed by atoms with van der Waals surface area (Å²) in [5.74, 6) is -0.288. The largest absolute Gasteiger partial charge is 0.457 e. The van der Waals surface area contributed by atoms with Gasteiger partial charge >= 0.3 is 5.97 Å². The second-order valence-electron chi connectivity index (χ2n) is 3.45. The third-order valence-corrected chi connectivity index (χ3v) is 2.65. The van der Waals surface area contributed by atoms with Crippen LogP contribution in [0.25, 0.3) is 0 Å². The van der Waals surface area contributed by atoms with Crippen molar-refractivity contribution < 1.29 is 14.3 Å². The molecule has 14 heavy (non-hydrogen) atoms. The van der Waals surface area contributed by atoms with Crippen molar-refractivity contribution in [2.24, 2.45) is 0 Å². The summed E-state index contributed by atoms with van der Waals surface area (Å²) in [6.45, 7) is 3.96. The van der Waals surface area contributed by atoms with Gasteiger partial charge in [0, 0.05) is 11.1 Å².